The second-order valence-electron chi connectivity index (χ2n) is 2.42. The Hall–Kier alpha value is -0.510. The molecule has 1 aliphatic heterocycles. The van der Waals surface area contributed by atoms with E-state index in [9.17, 15) is 10.2 Å². The lowest BCUT2D eigenvalue weighted by atomic mass is 10.1. The lowest BCUT2D eigenvalue weighted by Crippen LogP contribution is -2.06. The van der Waals surface area contributed by atoms with Gasteiger partial charge in [0.25, 0.3) is 0 Å². The molecule has 1 aromatic rings. The topological polar surface area (TPSA) is 40.5 Å². The van der Waals surface area contributed by atoms with Gasteiger partial charge >= 0.3 is 0 Å². The second kappa shape index (κ2) is 2.52. The molecule has 2 nitrogen and oxygen atoms in total. The highest BCUT2D eigenvalue weighted by molar-refractivity contribution is 8.00. The van der Waals surface area contributed by atoms with Crippen LogP contribution in [0, 0.1) is 6.07 Å². The molecule has 0 aliphatic carbocycles. The van der Waals surface area contributed by atoms with Crippen LogP contribution in [0.2, 0.25) is 0 Å². The zero-order chi connectivity index (χ0) is 7.84. The minimum absolute atomic E-state index is 0.708. The van der Waals surface area contributed by atoms with Crippen LogP contribution in [0.25, 0.3) is 0 Å². The Morgan fingerprint density at radius 2 is 2.27 bits per heavy atom. The van der Waals surface area contributed by atoms with Crippen molar-refractivity contribution >= 4 is 11.8 Å². The van der Waals surface area contributed by atoms with Gasteiger partial charge in [0.1, 0.15) is 11.5 Å². The quantitative estimate of drug-likeness (QED) is 0.604. The van der Waals surface area contributed by atoms with Crippen LogP contribution >= 0.6 is 11.8 Å². The first-order valence-corrected chi connectivity index (χ1v) is 4.20. The summed E-state index contributed by atoms with van der Waals surface area (Å²) in [4.78, 5) is 0.948. The molecule has 0 saturated carbocycles. The fraction of sp³-hybridized carbons (Fsp3) is 0.250. The molecule has 2 unspecified atom stereocenters. The fourth-order valence-electron chi connectivity index (χ4n) is 1.12. The lowest BCUT2D eigenvalue weighted by molar-refractivity contribution is 0.0772. The number of benzene rings is 1. The van der Waals surface area contributed by atoms with Crippen LogP contribution in [0.4, 0.5) is 0 Å². The summed E-state index contributed by atoms with van der Waals surface area (Å²) < 4.78 is 0. The molecule has 2 rings (SSSR count). The molecule has 11 heavy (non-hydrogen) atoms. The third-order valence-electron chi connectivity index (χ3n) is 1.69. The first kappa shape index (κ1) is 7.16. The van der Waals surface area contributed by atoms with E-state index in [1.807, 2.05) is 6.07 Å². The predicted molar refractivity (Wildman–Crippen MR) is 42.1 cm³/mol. The number of rotatable bonds is 0. The van der Waals surface area contributed by atoms with E-state index in [0.29, 0.717) is 0 Å². The van der Waals surface area contributed by atoms with E-state index < -0.39 is 11.5 Å². The SMILES string of the molecule is OC1Sc2cc[c]cc2C1O. The van der Waals surface area contributed by atoms with E-state index in [1.165, 1.54) is 11.8 Å². The van der Waals surface area contributed by atoms with Crippen LogP contribution in [0.3, 0.4) is 0 Å². The summed E-state index contributed by atoms with van der Waals surface area (Å²) in [7, 11) is 0. The Labute approximate surface area is 68.9 Å². The molecule has 1 aromatic carbocycles. The monoisotopic (exact) mass is 167 g/mol. The Balaban J connectivity index is 2.47. The Bertz CT molecular complexity index is 275. The molecule has 0 fully saturated rings. The minimum atomic E-state index is -0.743. The molecule has 2 N–H and O–H groups in total. The number of aliphatic hydroxyl groups excluding tert-OH is 2. The molecule has 0 saturated heterocycles. The highest BCUT2D eigenvalue weighted by Gasteiger charge is 2.29. The van der Waals surface area contributed by atoms with Gasteiger partial charge in [-0.25, -0.2) is 0 Å². The molecule has 1 aliphatic rings. The van der Waals surface area contributed by atoms with Gasteiger partial charge in [0.15, 0.2) is 0 Å². The summed E-state index contributed by atoms with van der Waals surface area (Å²) in [5.74, 6) is 0. The van der Waals surface area contributed by atoms with Crippen LogP contribution in [0.1, 0.15) is 11.7 Å². The van der Waals surface area contributed by atoms with E-state index in [-0.39, 0.29) is 0 Å². The van der Waals surface area contributed by atoms with Crippen molar-refractivity contribution in [1.82, 2.24) is 0 Å². The van der Waals surface area contributed by atoms with E-state index in [2.05, 4.69) is 6.07 Å². The van der Waals surface area contributed by atoms with E-state index in [1.54, 1.807) is 12.1 Å². The van der Waals surface area contributed by atoms with Gasteiger partial charge in [0.05, 0.1) is 0 Å². The van der Waals surface area contributed by atoms with Gasteiger partial charge in [-0.2, -0.15) is 0 Å². The van der Waals surface area contributed by atoms with E-state index in [4.69, 9.17) is 0 Å². The van der Waals surface area contributed by atoms with Gasteiger partial charge < -0.3 is 10.2 Å². The maximum Gasteiger partial charge on any atom is 0.134 e. The first-order valence-electron chi connectivity index (χ1n) is 3.32. The molecule has 0 spiro atoms. The van der Waals surface area contributed by atoms with Gasteiger partial charge in [-0.05, 0) is 23.8 Å². The van der Waals surface area contributed by atoms with Crippen molar-refractivity contribution in [2.24, 2.45) is 0 Å². The summed E-state index contributed by atoms with van der Waals surface area (Å²) in [6, 6.07) is 8.19. The molecule has 3 heteroatoms. The van der Waals surface area contributed by atoms with Crippen molar-refractivity contribution in [2.45, 2.75) is 16.4 Å². The zero-order valence-corrected chi connectivity index (χ0v) is 6.51. The molecule has 1 heterocycles. The Morgan fingerprint density at radius 1 is 1.45 bits per heavy atom. The van der Waals surface area contributed by atoms with Crippen LogP contribution in [-0.4, -0.2) is 15.6 Å². The zero-order valence-electron chi connectivity index (χ0n) is 5.69. The molecule has 0 bridgehead atoms. The Morgan fingerprint density at radius 3 is 3.00 bits per heavy atom. The van der Waals surface area contributed by atoms with Crippen LogP contribution in [0.5, 0.6) is 0 Å². The van der Waals surface area contributed by atoms with Gasteiger partial charge in [-0.1, -0.05) is 17.8 Å². The van der Waals surface area contributed by atoms with E-state index in [0.717, 1.165) is 10.5 Å². The summed E-state index contributed by atoms with van der Waals surface area (Å²) in [6.45, 7) is 0. The van der Waals surface area contributed by atoms with Gasteiger partial charge in [-0.15, -0.1) is 0 Å². The summed E-state index contributed by atoms with van der Waals surface area (Å²) in [5, 5.41) is 18.6. The van der Waals surface area contributed by atoms with Crippen molar-refractivity contribution in [3.05, 3.63) is 29.8 Å². The van der Waals surface area contributed by atoms with Gasteiger partial charge in [-0.3, -0.25) is 0 Å². The van der Waals surface area contributed by atoms with E-state index >= 15 is 0 Å². The van der Waals surface area contributed by atoms with Crippen LogP contribution in [0.15, 0.2) is 23.1 Å². The van der Waals surface area contributed by atoms with Crippen molar-refractivity contribution in [1.29, 1.82) is 0 Å². The average Bonchev–Trinajstić information content (AvgIpc) is 2.30. The normalized spacial score (nSPS) is 28.5. The predicted octanol–water partition coefficient (Wildman–Crippen LogP) is 0.944. The third-order valence-corrected chi connectivity index (χ3v) is 2.82. The molecule has 57 valence electrons. The number of thioether (sulfide) groups is 1. The minimum Gasteiger partial charge on any atom is -0.385 e. The number of hydrogen-bond donors (Lipinski definition) is 2. The summed E-state index contributed by atoms with van der Waals surface area (Å²) in [5.41, 5.74) is 0.0748. The maximum absolute atomic E-state index is 9.36. The molecular weight excluding hydrogens is 160 g/mol. The molecule has 1 radical (unpaired) electrons. The third kappa shape index (κ3) is 1.05. The van der Waals surface area contributed by atoms with Crippen molar-refractivity contribution in [3.8, 4) is 0 Å². The van der Waals surface area contributed by atoms with Gasteiger partial charge in [0.2, 0.25) is 0 Å². The second-order valence-corrected chi connectivity index (χ2v) is 3.58. The van der Waals surface area contributed by atoms with Crippen LogP contribution < -0.4 is 0 Å². The van der Waals surface area contributed by atoms with Gasteiger partial charge in [0, 0.05) is 4.90 Å². The molecule has 0 amide bonds. The first-order chi connectivity index (χ1) is 5.29. The molecule has 2 atom stereocenters. The summed E-state index contributed by atoms with van der Waals surface area (Å²) in [6.07, 6.45) is -0.743. The lowest BCUT2D eigenvalue weighted by Gasteiger charge is -2.04. The summed E-state index contributed by atoms with van der Waals surface area (Å²) >= 11 is 1.28. The highest BCUT2D eigenvalue weighted by Crippen LogP contribution is 2.41. The standard InChI is InChI=1S/C8H7O2S/c9-7-5-3-1-2-4-6(5)11-8(7)10/h2-4,7-10H. The molecule has 0 aromatic heterocycles. The van der Waals surface area contributed by atoms with Crippen molar-refractivity contribution < 1.29 is 10.2 Å². The fourth-order valence-corrected chi connectivity index (χ4v) is 2.11. The number of aliphatic hydroxyl groups is 2. The molecular formula is C8H7O2S. The highest BCUT2D eigenvalue weighted by atomic mass is 32.2. The van der Waals surface area contributed by atoms with Crippen molar-refractivity contribution in [3.63, 3.8) is 0 Å². The van der Waals surface area contributed by atoms with Crippen molar-refractivity contribution in [2.75, 3.05) is 0 Å². The average molecular weight is 167 g/mol. The number of fused-ring (bicyclic) bond motifs is 1. The smallest absolute Gasteiger partial charge is 0.134 e. The number of hydrogen-bond acceptors (Lipinski definition) is 3. The van der Waals surface area contributed by atoms with Crippen LogP contribution in [-0.2, 0) is 0 Å². The Kier molecular flexibility index (Phi) is 1.64. The maximum atomic E-state index is 9.36. The largest absolute Gasteiger partial charge is 0.385 e.